The molecule has 0 bridgehead atoms. The Kier molecular flexibility index (Phi) is 4.03. The molecule has 0 saturated heterocycles. The van der Waals surface area contributed by atoms with E-state index >= 15 is 0 Å². The molecule has 0 aromatic rings. The zero-order valence-corrected chi connectivity index (χ0v) is 6.92. The molecule has 0 aliphatic rings. The van der Waals surface area contributed by atoms with Crippen molar-refractivity contribution in [3.63, 3.8) is 0 Å². The van der Waals surface area contributed by atoms with Gasteiger partial charge in [-0.3, -0.25) is 4.79 Å². The topological polar surface area (TPSA) is 46.3 Å². The quantitative estimate of drug-likeness (QED) is 0.608. The molecule has 0 fully saturated rings. The van der Waals surface area contributed by atoms with Crippen LogP contribution < -0.4 is 5.73 Å². The van der Waals surface area contributed by atoms with Gasteiger partial charge in [0.25, 0.3) is 0 Å². The molecule has 3 nitrogen and oxygen atoms in total. The van der Waals surface area contributed by atoms with Gasteiger partial charge >= 0.3 is 0 Å². The van der Waals surface area contributed by atoms with Crippen molar-refractivity contribution < 1.29 is 4.79 Å². The Morgan fingerprint density at radius 3 is 2.40 bits per heavy atom. The zero-order chi connectivity index (χ0) is 8.15. The van der Waals surface area contributed by atoms with Gasteiger partial charge in [-0.1, -0.05) is 6.92 Å². The zero-order valence-electron chi connectivity index (χ0n) is 6.92. The second-order valence-corrected chi connectivity index (χ2v) is 2.71. The standard InChI is InChI=1S/C7H16N2O/c1-6(4-5-8)7(10)9(2)3/h6H,4-5,8H2,1-3H3/t6-/m1/s1. The number of carbonyl (C=O) groups excluding carboxylic acids is 1. The summed E-state index contributed by atoms with van der Waals surface area (Å²) in [5.74, 6) is 0.227. The van der Waals surface area contributed by atoms with Crippen LogP contribution in [0.4, 0.5) is 0 Å². The smallest absolute Gasteiger partial charge is 0.224 e. The van der Waals surface area contributed by atoms with Gasteiger partial charge in [-0.15, -0.1) is 0 Å². The summed E-state index contributed by atoms with van der Waals surface area (Å²) in [4.78, 5) is 12.7. The largest absolute Gasteiger partial charge is 0.349 e. The Morgan fingerprint density at radius 1 is 1.60 bits per heavy atom. The first-order valence-electron chi connectivity index (χ1n) is 3.50. The van der Waals surface area contributed by atoms with Crippen LogP contribution in [-0.4, -0.2) is 31.4 Å². The van der Waals surface area contributed by atoms with Gasteiger partial charge < -0.3 is 10.6 Å². The Hall–Kier alpha value is -0.570. The van der Waals surface area contributed by atoms with E-state index in [2.05, 4.69) is 0 Å². The Morgan fingerprint density at radius 2 is 2.10 bits per heavy atom. The fourth-order valence-corrected chi connectivity index (χ4v) is 0.814. The van der Waals surface area contributed by atoms with Crippen molar-refractivity contribution in [3.05, 3.63) is 0 Å². The van der Waals surface area contributed by atoms with Crippen molar-refractivity contribution in [2.24, 2.45) is 11.7 Å². The van der Waals surface area contributed by atoms with Crippen molar-refractivity contribution in [1.29, 1.82) is 0 Å². The molecule has 0 unspecified atom stereocenters. The van der Waals surface area contributed by atoms with Crippen molar-refractivity contribution in [1.82, 2.24) is 4.90 Å². The maximum atomic E-state index is 11.1. The van der Waals surface area contributed by atoms with E-state index < -0.39 is 0 Å². The third-order valence-corrected chi connectivity index (χ3v) is 1.46. The van der Waals surface area contributed by atoms with E-state index in [1.165, 1.54) is 0 Å². The number of rotatable bonds is 3. The summed E-state index contributed by atoms with van der Waals surface area (Å²) in [6, 6.07) is 0. The summed E-state index contributed by atoms with van der Waals surface area (Å²) in [7, 11) is 3.52. The van der Waals surface area contributed by atoms with Crippen LogP contribution in [0, 0.1) is 5.92 Å². The molecule has 0 aliphatic carbocycles. The van der Waals surface area contributed by atoms with E-state index in [4.69, 9.17) is 5.73 Å². The van der Waals surface area contributed by atoms with Gasteiger partial charge in [0, 0.05) is 20.0 Å². The number of hydrogen-bond acceptors (Lipinski definition) is 2. The van der Waals surface area contributed by atoms with Crippen LogP contribution in [0.5, 0.6) is 0 Å². The minimum Gasteiger partial charge on any atom is -0.349 e. The first kappa shape index (κ1) is 9.43. The van der Waals surface area contributed by atoms with E-state index in [1.54, 1.807) is 19.0 Å². The highest BCUT2D eigenvalue weighted by molar-refractivity contribution is 5.77. The molecule has 0 saturated carbocycles. The Labute approximate surface area is 62.2 Å². The van der Waals surface area contributed by atoms with Gasteiger partial charge in [0.1, 0.15) is 0 Å². The molecule has 0 spiro atoms. The molecule has 0 rings (SSSR count). The highest BCUT2D eigenvalue weighted by Gasteiger charge is 2.12. The number of carbonyl (C=O) groups is 1. The Balaban J connectivity index is 3.71. The predicted molar refractivity (Wildman–Crippen MR) is 41.5 cm³/mol. The fraction of sp³-hybridized carbons (Fsp3) is 0.857. The van der Waals surface area contributed by atoms with E-state index in [9.17, 15) is 4.79 Å². The second kappa shape index (κ2) is 4.28. The lowest BCUT2D eigenvalue weighted by atomic mass is 10.1. The molecular weight excluding hydrogens is 128 g/mol. The summed E-state index contributed by atoms with van der Waals surface area (Å²) in [5, 5.41) is 0. The summed E-state index contributed by atoms with van der Waals surface area (Å²) in [5.41, 5.74) is 5.30. The summed E-state index contributed by atoms with van der Waals surface area (Å²) in [6.07, 6.45) is 0.775. The predicted octanol–water partition coefficient (Wildman–Crippen LogP) is 0.0595. The van der Waals surface area contributed by atoms with Crippen LogP contribution in [0.1, 0.15) is 13.3 Å². The molecule has 60 valence electrons. The average Bonchev–Trinajstić information content (AvgIpc) is 1.87. The molecule has 0 aromatic carbocycles. The van der Waals surface area contributed by atoms with Crippen molar-refractivity contribution >= 4 is 5.91 Å². The maximum absolute atomic E-state index is 11.1. The van der Waals surface area contributed by atoms with E-state index in [-0.39, 0.29) is 11.8 Å². The molecule has 0 aliphatic heterocycles. The van der Waals surface area contributed by atoms with Gasteiger partial charge in [-0.05, 0) is 13.0 Å². The SMILES string of the molecule is C[C@H](CCN)C(=O)N(C)C. The lowest BCUT2D eigenvalue weighted by Crippen LogP contribution is -2.29. The first-order valence-corrected chi connectivity index (χ1v) is 3.50. The van der Waals surface area contributed by atoms with Crippen molar-refractivity contribution in [2.75, 3.05) is 20.6 Å². The monoisotopic (exact) mass is 144 g/mol. The summed E-state index contributed by atoms with van der Waals surface area (Å²) < 4.78 is 0. The van der Waals surface area contributed by atoms with Crippen LogP contribution in [0.25, 0.3) is 0 Å². The van der Waals surface area contributed by atoms with Crippen LogP contribution in [-0.2, 0) is 4.79 Å². The highest BCUT2D eigenvalue weighted by atomic mass is 16.2. The van der Waals surface area contributed by atoms with Crippen molar-refractivity contribution in [3.8, 4) is 0 Å². The average molecular weight is 144 g/mol. The number of nitrogens with two attached hydrogens (primary N) is 1. The van der Waals surface area contributed by atoms with Gasteiger partial charge in [0.2, 0.25) is 5.91 Å². The molecule has 2 N–H and O–H groups in total. The highest BCUT2D eigenvalue weighted by Crippen LogP contribution is 2.02. The normalized spacial score (nSPS) is 12.8. The van der Waals surface area contributed by atoms with E-state index in [1.807, 2.05) is 6.92 Å². The molecular formula is C7H16N2O. The minimum atomic E-state index is 0.0694. The first-order chi connectivity index (χ1) is 4.59. The van der Waals surface area contributed by atoms with Gasteiger partial charge in [0.15, 0.2) is 0 Å². The third kappa shape index (κ3) is 2.82. The lowest BCUT2D eigenvalue weighted by Gasteiger charge is -2.15. The summed E-state index contributed by atoms with van der Waals surface area (Å²) in [6.45, 7) is 2.48. The molecule has 0 heterocycles. The van der Waals surface area contributed by atoms with E-state index in [0.29, 0.717) is 6.54 Å². The minimum absolute atomic E-state index is 0.0694. The molecule has 1 amide bonds. The Bertz CT molecular complexity index is 112. The van der Waals surface area contributed by atoms with Gasteiger partial charge in [-0.2, -0.15) is 0 Å². The van der Waals surface area contributed by atoms with E-state index in [0.717, 1.165) is 6.42 Å². The third-order valence-electron chi connectivity index (χ3n) is 1.46. The molecule has 10 heavy (non-hydrogen) atoms. The number of amides is 1. The van der Waals surface area contributed by atoms with Crippen LogP contribution >= 0.6 is 0 Å². The fourth-order valence-electron chi connectivity index (χ4n) is 0.814. The maximum Gasteiger partial charge on any atom is 0.224 e. The number of nitrogens with zero attached hydrogens (tertiary/aromatic N) is 1. The van der Waals surface area contributed by atoms with Crippen LogP contribution in [0.15, 0.2) is 0 Å². The van der Waals surface area contributed by atoms with Crippen LogP contribution in [0.2, 0.25) is 0 Å². The lowest BCUT2D eigenvalue weighted by molar-refractivity contribution is -0.132. The van der Waals surface area contributed by atoms with Crippen LogP contribution in [0.3, 0.4) is 0 Å². The molecule has 1 atom stereocenters. The van der Waals surface area contributed by atoms with Crippen molar-refractivity contribution in [2.45, 2.75) is 13.3 Å². The van der Waals surface area contributed by atoms with Gasteiger partial charge in [0.05, 0.1) is 0 Å². The second-order valence-electron chi connectivity index (χ2n) is 2.71. The van der Waals surface area contributed by atoms with Gasteiger partial charge in [-0.25, -0.2) is 0 Å². The molecule has 3 heteroatoms. The molecule has 0 radical (unpaired) electrons. The molecule has 0 aromatic heterocycles. The number of hydrogen-bond donors (Lipinski definition) is 1. The summed E-state index contributed by atoms with van der Waals surface area (Å²) >= 11 is 0.